The first-order valence-corrected chi connectivity index (χ1v) is 7.05. The average molecular weight is 324 g/mol. The van der Waals surface area contributed by atoms with E-state index in [-0.39, 0.29) is 6.61 Å². The minimum Gasteiger partial charge on any atom is -0.394 e. The number of aliphatic hydroxyl groups is 1. The summed E-state index contributed by atoms with van der Waals surface area (Å²) in [6, 6.07) is 8.12. The molecule has 1 heterocycles. The zero-order valence-electron chi connectivity index (χ0n) is 11.2. The number of anilines is 1. The Kier molecular flexibility index (Phi) is 4.61. The van der Waals surface area contributed by atoms with Crippen LogP contribution >= 0.6 is 15.9 Å². The van der Waals surface area contributed by atoms with E-state index in [1.807, 2.05) is 36.7 Å². The van der Waals surface area contributed by atoms with Gasteiger partial charge in [0, 0.05) is 16.6 Å². The van der Waals surface area contributed by atoms with Crippen molar-refractivity contribution in [2.75, 3.05) is 11.9 Å². The summed E-state index contributed by atoms with van der Waals surface area (Å²) in [5.74, 6) is 0.974. The molecule has 0 spiro atoms. The van der Waals surface area contributed by atoms with Crippen LogP contribution in [0.15, 0.2) is 28.7 Å². The van der Waals surface area contributed by atoms with E-state index in [1.165, 1.54) is 5.56 Å². The Morgan fingerprint density at radius 1 is 1.32 bits per heavy atom. The molecule has 0 radical (unpaired) electrons. The molecule has 0 saturated carbocycles. The number of hydrogen-bond acceptors (Lipinski definition) is 3. The molecule has 4 nitrogen and oxygen atoms in total. The number of hydrogen-bond donors (Lipinski definition) is 2. The minimum atomic E-state index is 0.0876. The van der Waals surface area contributed by atoms with Crippen molar-refractivity contribution in [2.24, 2.45) is 0 Å². The normalized spacial score (nSPS) is 10.7. The standard InChI is InChI=1S/C14H18BrN3O/c1-10-11(2)17-18(7-8-19)14(10)16-9-12-5-3-4-6-13(12)15/h3-6,16,19H,7-9H2,1-2H3. The van der Waals surface area contributed by atoms with Crippen LogP contribution in [0.3, 0.4) is 0 Å². The van der Waals surface area contributed by atoms with E-state index in [1.54, 1.807) is 0 Å². The highest BCUT2D eigenvalue weighted by Crippen LogP contribution is 2.21. The number of benzene rings is 1. The second-order valence-electron chi connectivity index (χ2n) is 4.45. The molecule has 0 aliphatic rings. The summed E-state index contributed by atoms with van der Waals surface area (Å²) in [4.78, 5) is 0. The predicted octanol–water partition coefficient (Wildman–Crippen LogP) is 2.87. The van der Waals surface area contributed by atoms with Crippen molar-refractivity contribution in [2.45, 2.75) is 26.9 Å². The molecule has 102 valence electrons. The van der Waals surface area contributed by atoms with Gasteiger partial charge in [-0.3, -0.25) is 0 Å². The Labute approximate surface area is 121 Å². The van der Waals surface area contributed by atoms with E-state index < -0.39 is 0 Å². The van der Waals surface area contributed by atoms with Gasteiger partial charge in [0.2, 0.25) is 0 Å². The molecule has 0 saturated heterocycles. The van der Waals surface area contributed by atoms with Crippen LogP contribution in [-0.2, 0) is 13.1 Å². The van der Waals surface area contributed by atoms with Crippen LogP contribution in [0.25, 0.3) is 0 Å². The number of halogens is 1. The third-order valence-electron chi connectivity index (χ3n) is 3.14. The van der Waals surface area contributed by atoms with E-state index >= 15 is 0 Å². The number of rotatable bonds is 5. The Morgan fingerprint density at radius 2 is 2.05 bits per heavy atom. The Bertz CT molecular complexity index is 566. The molecule has 1 aromatic heterocycles. The lowest BCUT2D eigenvalue weighted by molar-refractivity contribution is 0.270. The number of nitrogens with zero attached hydrogens (tertiary/aromatic N) is 2. The fourth-order valence-corrected chi connectivity index (χ4v) is 2.40. The van der Waals surface area contributed by atoms with Gasteiger partial charge in [-0.1, -0.05) is 34.1 Å². The summed E-state index contributed by atoms with van der Waals surface area (Å²) in [7, 11) is 0. The molecule has 0 bridgehead atoms. The van der Waals surface area contributed by atoms with Crippen molar-refractivity contribution in [1.29, 1.82) is 0 Å². The highest BCUT2D eigenvalue weighted by Gasteiger charge is 2.11. The number of nitrogens with one attached hydrogen (secondary N) is 1. The van der Waals surface area contributed by atoms with Crippen LogP contribution in [0.4, 0.5) is 5.82 Å². The smallest absolute Gasteiger partial charge is 0.127 e. The van der Waals surface area contributed by atoms with Gasteiger partial charge in [-0.15, -0.1) is 0 Å². The van der Waals surface area contributed by atoms with Crippen molar-refractivity contribution in [3.63, 3.8) is 0 Å². The van der Waals surface area contributed by atoms with Gasteiger partial charge in [0.15, 0.2) is 0 Å². The molecule has 0 fully saturated rings. The Morgan fingerprint density at radius 3 is 2.74 bits per heavy atom. The van der Waals surface area contributed by atoms with Crippen LogP contribution in [0, 0.1) is 13.8 Å². The van der Waals surface area contributed by atoms with Crippen LogP contribution in [0.5, 0.6) is 0 Å². The molecule has 0 aliphatic heterocycles. The summed E-state index contributed by atoms with van der Waals surface area (Å²) in [6.07, 6.45) is 0. The van der Waals surface area contributed by atoms with Gasteiger partial charge in [-0.2, -0.15) is 5.10 Å². The van der Waals surface area contributed by atoms with Gasteiger partial charge in [0.05, 0.1) is 18.8 Å². The largest absolute Gasteiger partial charge is 0.394 e. The van der Waals surface area contributed by atoms with Crippen molar-refractivity contribution < 1.29 is 5.11 Å². The van der Waals surface area contributed by atoms with E-state index in [2.05, 4.69) is 32.4 Å². The van der Waals surface area contributed by atoms with E-state index in [0.29, 0.717) is 6.54 Å². The third-order valence-corrected chi connectivity index (χ3v) is 3.92. The van der Waals surface area contributed by atoms with Gasteiger partial charge in [0.25, 0.3) is 0 Å². The maximum absolute atomic E-state index is 9.08. The molecule has 1 aromatic carbocycles. The number of aliphatic hydroxyl groups excluding tert-OH is 1. The quantitative estimate of drug-likeness (QED) is 0.889. The fraction of sp³-hybridized carbons (Fsp3) is 0.357. The summed E-state index contributed by atoms with van der Waals surface area (Å²) in [5.41, 5.74) is 3.31. The Hall–Kier alpha value is -1.33. The fourth-order valence-electron chi connectivity index (χ4n) is 1.97. The highest BCUT2D eigenvalue weighted by atomic mass is 79.9. The van der Waals surface area contributed by atoms with Crippen LogP contribution in [0.1, 0.15) is 16.8 Å². The Balaban J connectivity index is 2.17. The van der Waals surface area contributed by atoms with Crippen LogP contribution in [0.2, 0.25) is 0 Å². The summed E-state index contributed by atoms with van der Waals surface area (Å²) in [5, 5.41) is 16.9. The van der Waals surface area contributed by atoms with E-state index in [4.69, 9.17) is 5.11 Å². The second-order valence-corrected chi connectivity index (χ2v) is 5.31. The molecular weight excluding hydrogens is 306 g/mol. The van der Waals surface area contributed by atoms with Gasteiger partial charge < -0.3 is 10.4 Å². The van der Waals surface area contributed by atoms with Crippen molar-refractivity contribution in [1.82, 2.24) is 9.78 Å². The molecule has 0 unspecified atom stereocenters. The molecule has 2 N–H and O–H groups in total. The zero-order valence-corrected chi connectivity index (χ0v) is 12.7. The van der Waals surface area contributed by atoms with Crippen molar-refractivity contribution >= 4 is 21.7 Å². The van der Waals surface area contributed by atoms with Crippen LogP contribution < -0.4 is 5.32 Å². The van der Waals surface area contributed by atoms with Gasteiger partial charge in [-0.05, 0) is 25.5 Å². The first-order chi connectivity index (χ1) is 9.13. The minimum absolute atomic E-state index is 0.0876. The predicted molar refractivity (Wildman–Crippen MR) is 80.3 cm³/mol. The van der Waals surface area contributed by atoms with Crippen molar-refractivity contribution in [3.05, 3.63) is 45.6 Å². The molecular formula is C14H18BrN3O. The maximum Gasteiger partial charge on any atom is 0.127 e. The monoisotopic (exact) mass is 323 g/mol. The molecule has 2 aromatic rings. The average Bonchev–Trinajstić information content (AvgIpc) is 2.65. The van der Waals surface area contributed by atoms with Crippen molar-refractivity contribution in [3.8, 4) is 0 Å². The van der Waals surface area contributed by atoms with E-state index in [0.717, 1.165) is 28.1 Å². The highest BCUT2D eigenvalue weighted by molar-refractivity contribution is 9.10. The molecule has 0 aliphatic carbocycles. The lowest BCUT2D eigenvalue weighted by Crippen LogP contribution is -2.11. The first-order valence-electron chi connectivity index (χ1n) is 6.25. The number of aromatic nitrogens is 2. The first kappa shape index (κ1) is 14.1. The molecule has 2 rings (SSSR count). The topological polar surface area (TPSA) is 50.1 Å². The lowest BCUT2D eigenvalue weighted by Gasteiger charge is -2.11. The second kappa shape index (κ2) is 6.21. The third kappa shape index (κ3) is 3.16. The summed E-state index contributed by atoms with van der Waals surface area (Å²) < 4.78 is 2.91. The number of aryl methyl sites for hydroxylation is 1. The lowest BCUT2D eigenvalue weighted by atomic mass is 10.2. The zero-order chi connectivity index (χ0) is 13.8. The van der Waals surface area contributed by atoms with Gasteiger partial charge in [0.1, 0.15) is 5.82 Å². The maximum atomic E-state index is 9.08. The van der Waals surface area contributed by atoms with Gasteiger partial charge >= 0.3 is 0 Å². The van der Waals surface area contributed by atoms with Crippen LogP contribution in [-0.4, -0.2) is 21.5 Å². The molecule has 0 amide bonds. The summed E-state index contributed by atoms with van der Waals surface area (Å²) in [6.45, 7) is 5.33. The summed E-state index contributed by atoms with van der Waals surface area (Å²) >= 11 is 3.54. The molecule has 19 heavy (non-hydrogen) atoms. The molecule has 5 heteroatoms. The van der Waals surface area contributed by atoms with E-state index in [9.17, 15) is 0 Å². The SMILES string of the molecule is Cc1nn(CCO)c(NCc2ccccc2Br)c1C. The van der Waals surface area contributed by atoms with Gasteiger partial charge in [-0.25, -0.2) is 4.68 Å². The molecule has 0 atom stereocenters.